The molecule has 3 N–H and O–H groups in total. The van der Waals surface area contributed by atoms with Gasteiger partial charge in [0.2, 0.25) is 5.91 Å². The number of fused-ring (bicyclic) bond motifs is 1. The summed E-state index contributed by atoms with van der Waals surface area (Å²) < 4.78 is 5.08. The molecule has 0 saturated heterocycles. The van der Waals surface area contributed by atoms with Crippen molar-refractivity contribution in [2.45, 2.75) is 31.2 Å². The summed E-state index contributed by atoms with van der Waals surface area (Å²) in [6.07, 6.45) is 1.62. The minimum absolute atomic E-state index is 0.213. The number of imide groups is 1. The second-order valence-electron chi connectivity index (χ2n) is 7.40. The fraction of sp³-hybridized carbons (Fsp3) is 0.318. The van der Waals surface area contributed by atoms with Crippen molar-refractivity contribution >= 4 is 24.8 Å². The van der Waals surface area contributed by atoms with Gasteiger partial charge in [0.1, 0.15) is 6.04 Å². The van der Waals surface area contributed by atoms with Crippen molar-refractivity contribution in [1.29, 1.82) is 0 Å². The summed E-state index contributed by atoms with van der Waals surface area (Å²) in [5.41, 5.74) is 1.55. The van der Waals surface area contributed by atoms with E-state index in [1.807, 2.05) is 30.3 Å². The van der Waals surface area contributed by atoms with E-state index in [0.717, 1.165) is 10.5 Å². The molecule has 0 radical (unpaired) electrons. The molecular weight excluding hydrogens is 399 g/mol. The van der Waals surface area contributed by atoms with Crippen LogP contribution in [-0.2, 0) is 16.0 Å². The highest BCUT2D eigenvalue weighted by atomic mass is 16.5. The predicted molar refractivity (Wildman–Crippen MR) is 114 cm³/mol. The van der Waals surface area contributed by atoms with Gasteiger partial charge >= 0.3 is 7.12 Å². The van der Waals surface area contributed by atoms with Gasteiger partial charge in [-0.25, -0.2) is 0 Å². The van der Waals surface area contributed by atoms with Crippen molar-refractivity contribution in [2.24, 2.45) is 0 Å². The average Bonchev–Trinajstić information content (AvgIpc) is 3.02. The van der Waals surface area contributed by atoms with Gasteiger partial charge in [-0.2, -0.15) is 0 Å². The fourth-order valence-electron chi connectivity index (χ4n) is 3.66. The van der Waals surface area contributed by atoms with Gasteiger partial charge in [-0.1, -0.05) is 42.5 Å². The van der Waals surface area contributed by atoms with Crippen LogP contribution in [0.3, 0.4) is 0 Å². The SMILES string of the molecule is COC[C@H](C(=O)N[C@@H](CCCc1ccccc1)B(O)O)N1C(=O)c2ccccc2C1=O. The van der Waals surface area contributed by atoms with E-state index in [1.54, 1.807) is 12.1 Å². The second kappa shape index (κ2) is 10.3. The Labute approximate surface area is 181 Å². The molecule has 0 saturated carbocycles. The first kappa shape index (κ1) is 22.7. The van der Waals surface area contributed by atoms with E-state index in [4.69, 9.17) is 4.74 Å². The van der Waals surface area contributed by atoms with Gasteiger partial charge in [-0.3, -0.25) is 19.3 Å². The molecule has 2 aromatic rings. The molecule has 8 nitrogen and oxygen atoms in total. The summed E-state index contributed by atoms with van der Waals surface area (Å²) in [4.78, 5) is 39.3. The molecule has 2 aromatic carbocycles. The first-order valence-electron chi connectivity index (χ1n) is 10.1. The highest BCUT2D eigenvalue weighted by Crippen LogP contribution is 2.25. The molecule has 0 spiro atoms. The number of ether oxygens (including phenoxy) is 1. The lowest BCUT2D eigenvalue weighted by Crippen LogP contribution is -2.56. The number of amides is 3. The van der Waals surface area contributed by atoms with Crippen LogP contribution >= 0.6 is 0 Å². The molecule has 0 bridgehead atoms. The van der Waals surface area contributed by atoms with Gasteiger partial charge in [-0.05, 0) is 37.0 Å². The van der Waals surface area contributed by atoms with Crippen LogP contribution in [0.5, 0.6) is 0 Å². The van der Waals surface area contributed by atoms with E-state index >= 15 is 0 Å². The molecule has 0 aromatic heterocycles. The van der Waals surface area contributed by atoms with Crippen molar-refractivity contribution in [1.82, 2.24) is 10.2 Å². The van der Waals surface area contributed by atoms with Crippen LogP contribution in [0.1, 0.15) is 39.1 Å². The van der Waals surface area contributed by atoms with Crippen LogP contribution in [0.2, 0.25) is 0 Å². The van der Waals surface area contributed by atoms with E-state index in [2.05, 4.69) is 5.32 Å². The maximum atomic E-state index is 13.0. The van der Waals surface area contributed by atoms with Crippen molar-refractivity contribution in [3.05, 3.63) is 71.3 Å². The summed E-state index contributed by atoms with van der Waals surface area (Å²) in [7, 11) is -0.429. The summed E-state index contributed by atoms with van der Waals surface area (Å²) in [5, 5.41) is 22.1. The number of nitrogens with one attached hydrogen (secondary N) is 1. The van der Waals surface area contributed by atoms with Gasteiger partial charge in [0.15, 0.2) is 0 Å². The summed E-state index contributed by atoms with van der Waals surface area (Å²) in [5.74, 6) is -2.80. The van der Waals surface area contributed by atoms with E-state index in [0.29, 0.717) is 19.3 Å². The number of benzene rings is 2. The molecule has 1 aliphatic rings. The molecule has 0 aliphatic carbocycles. The molecule has 9 heteroatoms. The number of nitrogens with zero attached hydrogens (tertiary/aromatic N) is 1. The van der Waals surface area contributed by atoms with E-state index in [9.17, 15) is 24.4 Å². The van der Waals surface area contributed by atoms with Gasteiger partial charge in [0.25, 0.3) is 11.8 Å². The van der Waals surface area contributed by atoms with Crippen molar-refractivity contribution in [3.63, 3.8) is 0 Å². The maximum absolute atomic E-state index is 13.0. The Balaban J connectivity index is 1.68. The number of hydrogen-bond acceptors (Lipinski definition) is 6. The molecular formula is C22H25BN2O6. The minimum Gasteiger partial charge on any atom is -0.426 e. The zero-order chi connectivity index (χ0) is 22.4. The van der Waals surface area contributed by atoms with Gasteiger partial charge in [-0.15, -0.1) is 0 Å². The number of hydrogen-bond donors (Lipinski definition) is 3. The lowest BCUT2D eigenvalue weighted by molar-refractivity contribution is -0.127. The van der Waals surface area contributed by atoms with Crippen LogP contribution < -0.4 is 5.32 Å². The number of rotatable bonds is 10. The van der Waals surface area contributed by atoms with Gasteiger partial charge < -0.3 is 20.1 Å². The lowest BCUT2D eigenvalue weighted by atomic mass is 9.76. The first-order valence-corrected chi connectivity index (χ1v) is 10.1. The predicted octanol–water partition coefficient (Wildman–Crippen LogP) is 0.817. The third kappa shape index (κ3) is 5.19. The number of carbonyl (C=O) groups excluding carboxylic acids is 3. The smallest absolute Gasteiger partial charge is 0.426 e. The van der Waals surface area contributed by atoms with E-state index < -0.39 is 36.8 Å². The Kier molecular flexibility index (Phi) is 7.57. The monoisotopic (exact) mass is 424 g/mol. The Morgan fingerprint density at radius 1 is 1.03 bits per heavy atom. The topological polar surface area (TPSA) is 116 Å². The molecule has 0 unspecified atom stereocenters. The third-order valence-electron chi connectivity index (χ3n) is 5.28. The standard InChI is InChI=1S/C22H25BN2O6/c1-31-14-18(25-21(27)16-11-5-6-12-17(16)22(25)28)20(26)24-19(23(29)30)13-7-10-15-8-3-2-4-9-15/h2-6,8-9,11-12,18-19,29-30H,7,10,13-14H2,1H3,(H,24,26)/t18-,19+/m1/s1. The molecule has 1 aliphatic heterocycles. The normalized spacial score (nSPS) is 14.9. The Bertz CT molecular complexity index is 902. The summed E-state index contributed by atoms with van der Waals surface area (Å²) in [6, 6.07) is 14.8. The summed E-state index contributed by atoms with van der Waals surface area (Å²) >= 11 is 0. The Morgan fingerprint density at radius 3 is 2.16 bits per heavy atom. The Morgan fingerprint density at radius 2 is 1.61 bits per heavy atom. The number of aryl methyl sites for hydroxylation is 1. The van der Waals surface area contributed by atoms with Crippen molar-refractivity contribution < 1.29 is 29.2 Å². The Hall–Kier alpha value is -3.01. The molecule has 3 rings (SSSR count). The minimum atomic E-state index is -1.79. The zero-order valence-electron chi connectivity index (χ0n) is 17.2. The quantitative estimate of drug-likeness (QED) is 0.384. The van der Waals surface area contributed by atoms with Crippen LogP contribution in [0, 0.1) is 0 Å². The van der Waals surface area contributed by atoms with Gasteiger partial charge in [0, 0.05) is 7.11 Å². The highest BCUT2D eigenvalue weighted by molar-refractivity contribution is 6.43. The van der Waals surface area contributed by atoms with Crippen LogP contribution in [-0.4, -0.2) is 65.5 Å². The first-order chi connectivity index (χ1) is 14.9. The van der Waals surface area contributed by atoms with E-state index in [1.165, 1.54) is 19.2 Å². The number of methoxy groups -OCH3 is 1. The highest BCUT2D eigenvalue weighted by Gasteiger charge is 2.43. The largest absolute Gasteiger partial charge is 0.475 e. The fourth-order valence-corrected chi connectivity index (χ4v) is 3.66. The maximum Gasteiger partial charge on any atom is 0.475 e. The molecule has 2 atom stereocenters. The molecule has 1 heterocycles. The average molecular weight is 424 g/mol. The number of carbonyl (C=O) groups is 3. The van der Waals surface area contributed by atoms with Gasteiger partial charge in [0.05, 0.1) is 23.7 Å². The summed E-state index contributed by atoms with van der Waals surface area (Å²) in [6.45, 7) is -0.213. The lowest BCUT2D eigenvalue weighted by Gasteiger charge is -2.27. The molecule has 3 amide bonds. The van der Waals surface area contributed by atoms with Crippen LogP contribution in [0.25, 0.3) is 0 Å². The molecule has 162 valence electrons. The molecule has 0 fully saturated rings. The van der Waals surface area contributed by atoms with E-state index in [-0.39, 0.29) is 17.7 Å². The van der Waals surface area contributed by atoms with Crippen LogP contribution in [0.4, 0.5) is 0 Å². The second-order valence-corrected chi connectivity index (χ2v) is 7.40. The molecule has 31 heavy (non-hydrogen) atoms. The van der Waals surface area contributed by atoms with Crippen LogP contribution in [0.15, 0.2) is 54.6 Å². The zero-order valence-corrected chi connectivity index (χ0v) is 17.2. The van der Waals surface area contributed by atoms with Crippen molar-refractivity contribution in [2.75, 3.05) is 13.7 Å². The third-order valence-corrected chi connectivity index (χ3v) is 5.28. The van der Waals surface area contributed by atoms with Crippen molar-refractivity contribution in [3.8, 4) is 0 Å².